The van der Waals surface area contributed by atoms with Gasteiger partial charge in [-0.2, -0.15) is 5.11 Å². The molecular formula is C3H4FO. The van der Waals surface area contributed by atoms with Crippen LogP contribution in [-0.4, -0.2) is 6.36 Å². The Hall–Kier alpha value is -0.370. The zero-order valence-corrected chi connectivity index (χ0v) is 2.65. The van der Waals surface area contributed by atoms with Gasteiger partial charge in [-0.05, 0) is 6.08 Å². The van der Waals surface area contributed by atoms with Crippen LogP contribution in [0.3, 0.4) is 0 Å². The Morgan fingerprint density at radius 1 is 2.00 bits per heavy atom. The number of alkyl halides is 1. The van der Waals surface area contributed by atoms with Gasteiger partial charge in [0.25, 0.3) is 0 Å². The summed E-state index contributed by atoms with van der Waals surface area (Å²) in [4.78, 5) is 0. The first-order valence-corrected chi connectivity index (χ1v) is 1.20. The molecule has 2 heteroatoms. The fourth-order valence-electron chi connectivity index (χ4n) is 0. The van der Waals surface area contributed by atoms with Crippen LogP contribution in [0.1, 0.15) is 0 Å². The summed E-state index contributed by atoms with van der Waals surface area (Å²) < 4.78 is 10.8. The summed E-state index contributed by atoms with van der Waals surface area (Å²) in [6.45, 7) is 2.87. The second-order valence-corrected chi connectivity index (χ2v) is 0.587. The SMILES string of the molecule is C=CC([O])F. The molecule has 1 nitrogen and oxygen atoms in total. The van der Waals surface area contributed by atoms with Crippen LogP contribution >= 0.6 is 0 Å². The minimum atomic E-state index is -2.10. The lowest BCUT2D eigenvalue weighted by molar-refractivity contribution is 0.0193. The highest BCUT2D eigenvalue weighted by Crippen LogP contribution is 1.80. The lowest BCUT2D eigenvalue weighted by atomic mass is 10.7. The zero-order chi connectivity index (χ0) is 4.28. The van der Waals surface area contributed by atoms with E-state index in [-0.39, 0.29) is 0 Å². The van der Waals surface area contributed by atoms with Crippen LogP contribution in [0, 0.1) is 0 Å². The van der Waals surface area contributed by atoms with Crippen LogP contribution < -0.4 is 0 Å². The van der Waals surface area contributed by atoms with Gasteiger partial charge in [-0.15, -0.1) is 0 Å². The van der Waals surface area contributed by atoms with Crippen molar-refractivity contribution in [3.8, 4) is 0 Å². The van der Waals surface area contributed by atoms with E-state index in [4.69, 9.17) is 5.11 Å². The summed E-state index contributed by atoms with van der Waals surface area (Å²) in [6.07, 6.45) is -1.41. The molecule has 0 aromatic carbocycles. The molecule has 0 spiro atoms. The molecule has 0 N–H and O–H groups in total. The van der Waals surface area contributed by atoms with E-state index in [9.17, 15) is 4.39 Å². The first kappa shape index (κ1) is 4.63. The van der Waals surface area contributed by atoms with E-state index in [1.807, 2.05) is 0 Å². The lowest BCUT2D eigenvalue weighted by Gasteiger charge is -1.75. The Kier molecular flexibility index (Phi) is 1.76. The molecule has 0 amide bonds. The molecule has 0 aliphatic rings. The largest absolute Gasteiger partial charge is 0.249 e. The van der Waals surface area contributed by atoms with E-state index in [1.165, 1.54) is 0 Å². The van der Waals surface area contributed by atoms with Crippen LogP contribution in [-0.2, 0) is 5.11 Å². The average Bonchev–Trinajstić information content (AvgIpc) is 1.38. The molecule has 1 radical (unpaired) electrons. The van der Waals surface area contributed by atoms with Gasteiger partial charge in [0.05, 0.1) is 0 Å². The fourth-order valence-corrected chi connectivity index (χ4v) is 0. The first-order valence-electron chi connectivity index (χ1n) is 1.20. The Bertz CT molecular complexity index is 33.9. The van der Waals surface area contributed by atoms with Crippen LogP contribution in [0.5, 0.6) is 0 Å². The van der Waals surface area contributed by atoms with Gasteiger partial charge in [0, 0.05) is 0 Å². The molecule has 0 saturated carbocycles. The summed E-state index contributed by atoms with van der Waals surface area (Å²) in [6, 6.07) is 0. The van der Waals surface area contributed by atoms with Crippen molar-refractivity contribution in [1.82, 2.24) is 0 Å². The molecular weight excluding hydrogens is 71.0 g/mol. The molecule has 0 aliphatic carbocycles. The monoisotopic (exact) mass is 75.0 g/mol. The Morgan fingerprint density at radius 3 is 2.20 bits per heavy atom. The minimum absolute atomic E-state index is 0.694. The second-order valence-electron chi connectivity index (χ2n) is 0.587. The number of hydrogen-bond donors (Lipinski definition) is 0. The van der Waals surface area contributed by atoms with Crippen molar-refractivity contribution < 1.29 is 9.50 Å². The van der Waals surface area contributed by atoms with Gasteiger partial charge in [0.15, 0.2) is 0 Å². The topological polar surface area (TPSA) is 19.9 Å². The molecule has 0 aromatic heterocycles. The number of hydrogen-bond acceptors (Lipinski definition) is 0. The molecule has 0 heterocycles. The third-order valence-electron chi connectivity index (χ3n) is 0.185. The van der Waals surface area contributed by atoms with Crippen LogP contribution in [0.15, 0.2) is 12.7 Å². The summed E-state index contributed by atoms with van der Waals surface area (Å²) in [5, 5.41) is 9.11. The third-order valence-corrected chi connectivity index (χ3v) is 0.185. The highest BCUT2D eigenvalue weighted by atomic mass is 19.1. The van der Waals surface area contributed by atoms with E-state index in [2.05, 4.69) is 6.58 Å². The second kappa shape index (κ2) is 1.91. The number of rotatable bonds is 1. The van der Waals surface area contributed by atoms with E-state index in [0.29, 0.717) is 6.08 Å². The van der Waals surface area contributed by atoms with Crippen molar-refractivity contribution in [3.05, 3.63) is 12.7 Å². The maximum absolute atomic E-state index is 10.8. The minimum Gasteiger partial charge on any atom is -0.208 e. The molecule has 0 aromatic rings. The van der Waals surface area contributed by atoms with Gasteiger partial charge < -0.3 is 0 Å². The quantitative estimate of drug-likeness (QED) is 0.412. The highest BCUT2D eigenvalue weighted by Gasteiger charge is 1.85. The zero-order valence-electron chi connectivity index (χ0n) is 2.65. The molecule has 0 saturated heterocycles. The first-order chi connectivity index (χ1) is 2.27. The Morgan fingerprint density at radius 2 is 2.20 bits per heavy atom. The van der Waals surface area contributed by atoms with E-state index in [1.54, 1.807) is 0 Å². The van der Waals surface area contributed by atoms with E-state index >= 15 is 0 Å². The maximum Gasteiger partial charge on any atom is 0.249 e. The summed E-state index contributed by atoms with van der Waals surface area (Å²) in [7, 11) is 0. The van der Waals surface area contributed by atoms with Gasteiger partial charge in [0.1, 0.15) is 0 Å². The van der Waals surface area contributed by atoms with Crippen LogP contribution in [0.25, 0.3) is 0 Å². The van der Waals surface area contributed by atoms with Crippen LogP contribution in [0.4, 0.5) is 4.39 Å². The van der Waals surface area contributed by atoms with Gasteiger partial charge >= 0.3 is 0 Å². The fraction of sp³-hybridized carbons (Fsp3) is 0.333. The van der Waals surface area contributed by atoms with Gasteiger partial charge in [0.2, 0.25) is 6.36 Å². The molecule has 1 unspecified atom stereocenters. The van der Waals surface area contributed by atoms with Crippen molar-refractivity contribution in [1.29, 1.82) is 0 Å². The predicted octanol–water partition coefficient (Wildman–Crippen LogP) is 0.898. The predicted molar refractivity (Wildman–Crippen MR) is 15.8 cm³/mol. The lowest BCUT2D eigenvalue weighted by Crippen LogP contribution is -1.82. The Balaban J connectivity index is 2.83. The van der Waals surface area contributed by atoms with Crippen molar-refractivity contribution in [2.24, 2.45) is 0 Å². The number of halogens is 1. The standard InChI is InChI=1S/C3H4FO/c1-2-3(4)5/h2-3H,1H2. The van der Waals surface area contributed by atoms with Gasteiger partial charge in [-0.3, -0.25) is 0 Å². The Labute approximate surface area is 29.7 Å². The summed E-state index contributed by atoms with van der Waals surface area (Å²) in [5.41, 5.74) is 0. The molecule has 29 valence electrons. The van der Waals surface area contributed by atoms with Gasteiger partial charge in [-0.1, -0.05) is 6.58 Å². The molecule has 0 fully saturated rings. The van der Waals surface area contributed by atoms with Crippen molar-refractivity contribution in [2.45, 2.75) is 6.36 Å². The van der Waals surface area contributed by atoms with Crippen LogP contribution in [0.2, 0.25) is 0 Å². The van der Waals surface area contributed by atoms with Crippen molar-refractivity contribution in [3.63, 3.8) is 0 Å². The molecule has 0 rings (SSSR count). The molecule has 1 atom stereocenters. The summed E-state index contributed by atoms with van der Waals surface area (Å²) >= 11 is 0. The van der Waals surface area contributed by atoms with E-state index in [0.717, 1.165) is 0 Å². The normalized spacial score (nSPS) is 14.0. The maximum atomic E-state index is 10.8. The van der Waals surface area contributed by atoms with Gasteiger partial charge in [-0.25, -0.2) is 4.39 Å². The smallest absolute Gasteiger partial charge is 0.208 e. The van der Waals surface area contributed by atoms with Crippen molar-refractivity contribution in [2.75, 3.05) is 0 Å². The third kappa shape index (κ3) is 3.63. The van der Waals surface area contributed by atoms with Crippen molar-refractivity contribution >= 4 is 0 Å². The highest BCUT2D eigenvalue weighted by molar-refractivity contribution is 4.66. The molecule has 0 bridgehead atoms. The molecule has 0 aliphatic heterocycles. The summed E-state index contributed by atoms with van der Waals surface area (Å²) in [5.74, 6) is 0. The van der Waals surface area contributed by atoms with E-state index < -0.39 is 6.36 Å². The molecule has 5 heavy (non-hydrogen) atoms. The average molecular weight is 75.1 g/mol.